The van der Waals surface area contributed by atoms with E-state index in [2.05, 4.69) is 5.32 Å². The van der Waals surface area contributed by atoms with Crippen molar-refractivity contribution in [1.82, 2.24) is 4.90 Å². The fraction of sp³-hybridized carbons (Fsp3) is 0.308. The molecule has 2 N–H and O–H groups in total. The van der Waals surface area contributed by atoms with E-state index >= 15 is 0 Å². The van der Waals surface area contributed by atoms with Crippen molar-refractivity contribution >= 4 is 17.6 Å². The third-order valence-corrected chi connectivity index (χ3v) is 2.97. The van der Waals surface area contributed by atoms with Crippen molar-refractivity contribution in [2.45, 2.75) is 0 Å². The number of hydrogen-bond acceptors (Lipinski definition) is 4. The number of anilines is 1. The molecule has 0 spiro atoms. The van der Waals surface area contributed by atoms with Crippen LogP contribution in [0.2, 0.25) is 0 Å². The highest BCUT2D eigenvalue weighted by Gasteiger charge is 2.33. The molecule has 1 aromatic rings. The Balaban J connectivity index is 1.79. The predicted molar refractivity (Wildman–Crippen MR) is 67.4 cm³/mol. The van der Waals surface area contributed by atoms with Crippen LogP contribution in [0.4, 0.5) is 5.69 Å². The molecule has 1 aliphatic heterocycles. The normalized spacial score (nSPS) is 15.3. The first-order valence-electron chi connectivity index (χ1n) is 5.83. The van der Waals surface area contributed by atoms with E-state index < -0.39 is 5.97 Å². The van der Waals surface area contributed by atoms with Crippen LogP contribution in [0.1, 0.15) is 5.56 Å². The molecule has 0 aromatic heterocycles. The molecule has 1 fully saturated rings. The molecule has 1 heterocycles. The van der Waals surface area contributed by atoms with Gasteiger partial charge in [-0.25, -0.2) is 0 Å². The average molecular weight is 259 g/mol. The quantitative estimate of drug-likeness (QED) is 0.821. The highest BCUT2D eigenvalue weighted by Crippen LogP contribution is 2.15. The Hall–Kier alpha value is -2.39. The lowest BCUT2D eigenvalue weighted by Gasteiger charge is -2.35. The Kier molecular flexibility index (Phi) is 3.78. The van der Waals surface area contributed by atoms with Gasteiger partial charge in [-0.1, -0.05) is 0 Å². The van der Waals surface area contributed by atoms with E-state index in [0.29, 0.717) is 24.3 Å². The lowest BCUT2D eigenvalue weighted by atomic mass is 10.0. The van der Waals surface area contributed by atoms with Gasteiger partial charge in [-0.2, -0.15) is 5.26 Å². The standard InChI is InChI=1S/C13H13N3O3/c14-5-9-1-3-11(4-2-9)15-12(17)8-16-6-10(7-16)13(18)19/h1-4,10H,6-8H2,(H,15,17)(H,18,19). The highest BCUT2D eigenvalue weighted by atomic mass is 16.4. The van der Waals surface area contributed by atoms with Gasteiger partial charge in [0.15, 0.2) is 0 Å². The predicted octanol–water partition coefficient (Wildman–Crippen LogP) is 0.513. The Morgan fingerprint density at radius 2 is 2.00 bits per heavy atom. The molecule has 0 saturated carbocycles. The molecule has 1 amide bonds. The molecule has 6 heteroatoms. The second kappa shape index (κ2) is 5.50. The third-order valence-electron chi connectivity index (χ3n) is 2.97. The van der Waals surface area contributed by atoms with E-state index in [1.807, 2.05) is 6.07 Å². The fourth-order valence-corrected chi connectivity index (χ4v) is 1.89. The van der Waals surface area contributed by atoms with Gasteiger partial charge in [0, 0.05) is 18.8 Å². The zero-order valence-corrected chi connectivity index (χ0v) is 10.2. The summed E-state index contributed by atoms with van der Waals surface area (Å²) in [6.45, 7) is 1.01. The molecule has 2 rings (SSSR count). The smallest absolute Gasteiger partial charge is 0.309 e. The lowest BCUT2D eigenvalue weighted by molar-refractivity contribution is -0.148. The van der Waals surface area contributed by atoms with Crippen molar-refractivity contribution < 1.29 is 14.7 Å². The van der Waals surface area contributed by atoms with Crippen molar-refractivity contribution in [1.29, 1.82) is 5.26 Å². The van der Waals surface area contributed by atoms with Crippen molar-refractivity contribution in [3.63, 3.8) is 0 Å². The summed E-state index contributed by atoms with van der Waals surface area (Å²) in [5.41, 5.74) is 1.16. The number of nitrogens with zero attached hydrogens (tertiary/aromatic N) is 2. The van der Waals surface area contributed by atoms with E-state index in [1.165, 1.54) is 0 Å². The number of benzene rings is 1. The molecule has 98 valence electrons. The lowest BCUT2D eigenvalue weighted by Crippen LogP contribution is -2.52. The summed E-state index contributed by atoms with van der Waals surface area (Å²) < 4.78 is 0. The first-order chi connectivity index (χ1) is 9.08. The number of likely N-dealkylation sites (tertiary alicyclic amines) is 1. The zero-order valence-electron chi connectivity index (χ0n) is 10.2. The summed E-state index contributed by atoms with van der Waals surface area (Å²) in [7, 11) is 0. The maximum atomic E-state index is 11.7. The van der Waals surface area contributed by atoms with Gasteiger partial charge < -0.3 is 10.4 Å². The van der Waals surface area contributed by atoms with Crippen molar-refractivity contribution in [2.24, 2.45) is 5.92 Å². The van der Waals surface area contributed by atoms with Gasteiger partial charge in [0.2, 0.25) is 5.91 Å². The molecule has 1 aromatic carbocycles. The minimum atomic E-state index is -0.816. The van der Waals surface area contributed by atoms with Gasteiger partial charge in [-0.05, 0) is 24.3 Å². The molecule has 1 aliphatic rings. The summed E-state index contributed by atoms with van der Waals surface area (Å²) in [5, 5.41) is 20.1. The van der Waals surface area contributed by atoms with E-state index in [1.54, 1.807) is 29.2 Å². The number of nitriles is 1. The van der Waals surface area contributed by atoms with Crippen LogP contribution in [-0.4, -0.2) is 41.5 Å². The van der Waals surface area contributed by atoms with Crippen LogP contribution in [0.25, 0.3) is 0 Å². The Morgan fingerprint density at radius 1 is 1.37 bits per heavy atom. The van der Waals surface area contributed by atoms with Crippen LogP contribution in [-0.2, 0) is 9.59 Å². The summed E-state index contributed by atoms with van der Waals surface area (Å²) in [5.74, 6) is -1.36. The van der Waals surface area contributed by atoms with Crippen LogP contribution < -0.4 is 5.32 Å². The number of carbonyl (C=O) groups is 2. The minimum absolute atomic E-state index is 0.184. The largest absolute Gasteiger partial charge is 0.481 e. The summed E-state index contributed by atoms with van der Waals surface area (Å²) in [4.78, 5) is 24.1. The van der Waals surface area contributed by atoms with Crippen LogP contribution in [0.3, 0.4) is 0 Å². The van der Waals surface area contributed by atoms with E-state index in [4.69, 9.17) is 10.4 Å². The highest BCUT2D eigenvalue weighted by molar-refractivity contribution is 5.92. The van der Waals surface area contributed by atoms with E-state index in [0.717, 1.165) is 0 Å². The molecule has 0 aliphatic carbocycles. The molecular weight excluding hydrogens is 246 g/mol. The number of carbonyl (C=O) groups excluding carboxylic acids is 1. The molecular formula is C13H13N3O3. The maximum absolute atomic E-state index is 11.7. The second-order valence-corrected chi connectivity index (χ2v) is 4.47. The second-order valence-electron chi connectivity index (χ2n) is 4.47. The van der Waals surface area contributed by atoms with Gasteiger partial charge in [-0.3, -0.25) is 14.5 Å². The fourth-order valence-electron chi connectivity index (χ4n) is 1.89. The number of hydrogen-bond donors (Lipinski definition) is 2. The number of nitrogens with one attached hydrogen (secondary N) is 1. The minimum Gasteiger partial charge on any atom is -0.481 e. The molecule has 0 radical (unpaired) electrons. The topological polar surface area (TPSA) is 93.4 Å². The molecule has 0 atom stereocenters. The number of aliphatic carboxylic acids is 1. The number of carboxylic acid groups (broad SMARTS) is 1. The summed E-state index contributed by atoms with van der Waals surface area (Å²) in [6.07, 6.45) is 0. The number of carboxylic acids is 1. The molecule has 1 saturated heterocycles. The Bertz CT molecular complexity index is 527. The Morgan fingerprint density at radius 3 is 2.53 bits per heavy atom. The first-order valence-corrected chi connectivity index (χ1v) is 5.83. The molecule has 0 bridgehead atoms. The molecule has 6 nitrogen and oxygen atoms in total. The third kappa shape index (κ3) is 3.30. The Labute approximate surface area is 110 Å². The first kappa shape index (κ1) is 13.1. The van der Waals surface area contributed by atoms with Crippen LogP contribution in [0, 0.1) is 17.2 Å². The van der Waals surface area contributed by atoms with Gasteiger partial charge in [0.1, 0.15) is 0 Å². The van der Waals surface area contributed by atoms with Gasteiger partial charge in [0.25, 0.3) is 0 Å². The molecule has 19 heavy (non-hydrogen) atoms. The zero-order chi connectivity index (χ0) is 13.8. The summed E-state index contributed by atoms with van der Waals surface area (Å²) >= 11 is 0. The molecule has 0 unspecified atom stereocenters. The van der Waals surface area contributed by atoms with Crippen molar-refractivity contribution in [2.75, 3.05) is 25.0 Å². The van der Waals surface area contributed by atoms with Gasteiger partial charge >= 0.3 is 5.97 Å². The van der Waals surface area contributed by atoms with Crippen molar-refractivity contribution in [3.8, 4) is 6.07 Å². The maximum Gasteiger partial charge on any atom is 0.309 e. The number of rotatable bonds is 4. The summed E-state index contributed by atoms with van der Waals surface area (Å²) in [6, 6.07) is 8.56. The average Bonchev–Trinajstić information content (AvgIpc) is 2.33. The van der Waals surface area contributed by atoms with Crippen LogP contribution in [0.15, 0.2) is 24.3 Å². The SMILES string of the molecule is N#Cc1ccc(NC(=O)CN2CC(C(=O)O)C2)cc1. The monoisotopic (exact) mass is 259 g/mol. The number of amides is 1. The van der Waals surface area contributed by atoms with E-state index in [-0.39, 0.29) is 18.4 Å². The van der Waals surface area contributed by atoms with Gasteiger partial charge in [-0.15, -0.1) is 0 Å². The van der Waals surface area contributed by atoms with Crippen LogP contribution in [0.5, 0.6) is 0 Å². The van der Waals surface area contributed by atoms with Crippen LogP contribution >= 0.6 is 0 Å². The van der Waals surface area contributed by atoms with E-state index in [9.17, 15) is 9.59 Å². The van der Waals surface area contributed by atoms with Gasteiger partial charge in [0.05, 0.1) is 24.1 Å². The van der Waals surface area contributed by atoms with Crippen molar-refractivity contribution in [3.05, 3.63) is 29.8 Å².